The molecule has 3 rings (SSSR count). The second kappa shape index (κ2) is 8.30. The number of piperidine rings is 1. The Balaban J connectivity index is 1.53. The number of nitrogens with zero attached hydrogens (tertiary/aromatic N) is 1. The Morgan fingerprint density at radius 3 is 2.22 bits per heavy atom. The van der Waals surface area contributed by atoms with Crippen molar-refractivity contribution in [3.05, 3.63) is 65.0 Å². The number of likely N-dealkylation sites (tertiary alicyclic amines) is 1. The average Bonchev–Trinajstić information content (AvgIpc) is 2.64. The molecule has 0 atom stereocenters. The summed E-state index contributed by atoms with van der Waals surface area (Å²) in [6, 6.07) is 11.3. The first-order valence-electron chi connectivity index (χ1n) is 9.06. The van der Waals surface area contributed by atoms with Crippen LogP contribution in [0.2, 0.25) is 0 Å². The molecule has 0 amide bonds. The molecule has 1 fully saturated rings. The van der Waals surface area contributed by atoms with Crippen molar-refractivity contribution in [3.8, 4) is 5.75 Å². The van der Waals surface area contributed by atoms with E-state index in [0.29, 0.717) is 18.0 Å². The Bertz CT molecular complexity index is 750. The highest BCUT2D eigenvalue weighted by Crippen LogP contribution is 2.32. The summed E-state index contributed by atoms with van der Waals surface area (Å²) in [7, 11) is 1.64. The Morgan fingerprint density at radius 2 is 1.63 bits per heavy atom. The zero-order chi connectivity index (χ0) is 19.4. The van der Waals surface area contributed by atoms with Crippen LogP contribution in [0.5, 0.6) is 5.75 Å². The van der Waals surface area contributed by atoms with E-state index in [1.807, 2.05) is 12.1 Å². The Hall–Kier alpha value is -2.08. The molecule has 2 aromatic carbocycles. The van der Waals surface area contributed by atoms with Gasteiger partial charge in [-0.25, -0.2) is 4.39 Å². The number of methoxy groups -OCH3 is 1. The van der Waals surface area contributed by atoms with E-state index in [2.05, 4.69) is 17.0 Å². The van der Waals surface area contributed by atoms with Gasteiger partial charge in [0.05, 0.1) is 12.7 Å². The van der Waals surface area contributed by atoms with E-state index in [-0.39, 0.29) is 0 Å². The summed E-state index contributed by atoms with van der Waals surface area (Å²) in [6.07, 6.45) is -1.67. The normalized spacial score (nSPS) is 16.5. The first-order valence-corrected chi connectivity index (χ1v) is 9.06. The lowest BCUT2D eigenvalue weighted by Gasteiger charge is -2.32. The predicted octanol–water partition coefficient (Wildman–Crippen LogP) is 5.31. The summed E-state index contributed by atoms with van der Waals surface area (Å²) < 4.78 is 57.1. The number of alkyl halides is 3. The van der Waals surface area contributed by atoms with Crippen LogP contribution in [0.1, 0.15) is 29.5 Å². The summed E-state index contributed by atoms with van der Waals surface area (Å²) in [5, 5.41) is 0. The molecule has 0 unspecified atom stereocenters. The van der Waals surface area contributed by atoms with Gasteiger partial charge in [-0.3, -0.25) is 4.90 Å². The molecule has 0 saturated carbocycles. The number of benzene rings is 2. The van der Waals surface area contributed by atoms with Crippen LogP contribution in [0.3, 0.4) is 0 Å². The topological polar surface area (TPSA) is 12.5 Å². The van der Waals surface area contributed by atoms with Gasteiger partial charge in [0, 0.05) is 6.54 Å². The fourth-order valence-corrected chi connectivity index (χ4v) is 3.59. The molecule has 0 spiro atoms. The lowest BCUT2D eigenvalue weighted by molar-refractivity contribution is -0.140. The molecule has 0 bridgehead atoms. The molecule has 6 heteroatoms. The second-order valence-corrected chi connectivity index (χ2v) is 7.08. The number of hydrogen-bond donors (Lipinski definition) is 0. The molecule has 0 radical (unpaired) electrons. The van der Waals surface area contributed by atoms with Crippen molar-refractivity contribution >= 4 is 0 Å². The smallest absolute Gasteiger partial charge is 0.419 e. The van der Waals surface area contributed by atoms with Crippen molar-refractivity contribution in [2.45, 2.75) is 32.0 Å². The van der Waals surface area contributed by atoms with Gasteiger partial charge in [0.25, 0.3) is 0 Å². The van der Waals surface area contributed by atoms with Gasteiger partial charge in [0.15, 0.2) is 0 Å². The largest absolute Gasteiger partial charge is 0.497 e. The van der Waals surface area contributed by atoms with Crippen molar-refractivity contribution in [1.29, 1.82) is 0 Å². The number of halogens is 4. The summed E-state index contributed by atoms with van der Waals surface area (Å²) in [6.45, 7) is 2.08. The Labute approximate surface area is 156 Å². The molecule has 27 heavy (non-hydrogen) atoms. The van der Waals surface area contributed by atoms with E-state index in [1.165, 1.54) is 11.6 Å². The van der Waals surface area contributed by atoms with E-state index < -0.39 is 17.6 Å². The molecule has 2 nitrogen and oxygen atoms in total. The van der Waals surface area contributed by atoms with Crippen molar-refractivity contribution in [3.63, 3.8) is 0 Å². The van der Waals surface area contributed by atoms with Crippen molar-refractivity contribution in [2.24, 2.45) is 5.92 Å². The van der Waals surface area contributed by atoms with E-state index >= 15 is 0 Å². The minimum atomic E-state index is -4.66. The maximum Gasteiger partial charge on any atom is 0.419 e. The van der Waals surface area contributed by atoms with Crippen molar-refractivity contribution < 1.29 is 22.3 Å². The summed E-state index contributed by atoms with van der Waals surface area (Å²) in [5.74, 6) is 0.184. The van der Waals surface area contributed by atoms with Crippen molar-refractivity contribution in [2.75, 3.05) is 20.2 Å². The molecular weight excluding hydrogens is 358 g/mol. The second-order valence-electron chi connectivity index (χ2n) is 7.08. The average molecular weight is 381 g/mol. The van der Waals surface area contributed by atoms with E-state index in [0.717, 1.165) is 50.2 Å². The number of ether oxygens (including phenoxy) is 1. The third-order valence-corrected chi connectivity index (χ3v) is 5.13. The molecule has 0 aromatic heterocycles. The standard InChI is InChI=1S/C21H23F4NO/c1-27-18-5-2-15(3-6-18)12-16-8-10-26(11-9-16)14-17-4-7-20(22)19(13-17)21(23,24)25/h2-7,13,16H,8-12,14H2,1H3. The fourth-order valence-electron chi connectivity index (χ4n) is 3.59. The van der Waals surface area contributed by atoms with Crippen LogP contribution in [0, 0.1) is 11.7 Å². The van der Waals surface area contributed by atoms with Crippen LogP contribution in [-0.2, 0) is 19.1 Å². The number of rotatable bonds is 5. The minimum absolute atomic E-state index is 0.415. The highest BCUT2D eigenvalue weighted by Gasteiger charge is 2.34. The molecule has 1 aliphatic rings. The monoisotopic (exact) mass is 381 g/mol. The van der Waals surface area contributed by atoms with Gasteiger partial charge in [-0.1, -0.05) is 18.2 Å². The maximum atomic E-state index is 13.4. The van der Waals surface area contributed by atoms with Crippen LogP contribution in [0.4, 0.5) is 17.6 Å². The molecule has 1 saturated heterocycles. The quantitative estimate of drug-likeness (QED) is 0.651. The zero-order valence-electron chi connectivity index (χ0n) is 15.2. The highest BCUT2D eigenvalue weighted by atomic mass is 19.4. The Morgan fingerprint density at radius 1 is 1.00 bits per heavy atom. The van der Waals surface area contributed by atoms with E-state index in [1.54, 1.807) is 7.11 Å². The SMILES string of the molecule is COc1ccc(CC2CCN(Cc3ccc(F)c(C(F)(F)F)c3)CC2)cc1. The molecule has 2 aromatic rings. The van der Waals surface area contributed by atoms with Crippen LogP contribution in [0.25, 0.3) is 0 Å². The van der Waals surface area contributed by atoms with Gasteiger partial charge in [0.2, 0.25) is 0 Å². The van der Waals surface area contributed by atoms with Crippen LogP contribution in [0.15, 0.2) is 42.5 Å². The first-order chi connectivity index (χ1) is 12.8. The zero-order valence-corrected chi connectivity index (χ0v) is 15.2. The predicted molar refractivity (Wildman–Crippen MR) is 96.1 cm³/mol. The summed E-state index contributed by atoms with van der Waals surface area (Å²) >= 11 is 0. The van der Waals surface area contributed by atoms with Gasteiger partial charge in [-0.15, -0.1) is 0 Å². The van der Waals surface area contributed by atoms with Gasteiger partial charge in [-0.2, -0.15) is 13.2 Å². The molecular formula is C21H23F4NO. The molecule has 1 aliphatic heterocycles. The van der Waals surface area contributed by atoms with Crippen LogP contribution >= 0.6 is 0 Å². The fraction of sp³-hybridized carbons (Fsp3) is 0.429. The first kappa shape index (κ1) is 19.7. The molecule has 0 N–H and O–H groups in total. The molecule has 0 aliphatic carbocycles. The Kier molecular flexibility index (Phi) is 6.05. The third-order valence-electron chi connectivity index (χ3n) is 5.13. The molecule has 1 heterocycles. The number of hydrogen-bond acceptors (Lipinski definition) is 2. The lowest BCUT2D eigenvalue weighted by Crippen LogP contribution is -2.34. The van der Waals surface area contributed by atoms with Crippen LogP contribution in [-0.4, -0.2) is 25.1 Å². The van der Waals surface area contributed by atoms with Crippen LogP contribution < -0.4 is 4.74 Å². The van der Waals surface area contributed by atoms with Gasteiger partial charge in [0.1, 0.15) is 11.6 Å². The summed E-state index contributed by atoms with van der Waals surface area (Å²) in [4.78, 5) is 2.14. The van der Waals surface area contributed by atoms with Gasteiger partial charge in [-0.05, 0) is 73.7 Å². The van der Waals surface area contributed by atoms with E-state index in [4.69, 9.17) is 4.74 Å². The van der Waals surface area contributed by atoms with E-state index in [9.17, 15) is 17.6 Å². The van der Waals surface area contributed by atoms with Gasteiger partial charge < -0.3 is 4.74 Å². The highest BCUT2D eigenvalue weighted by molar-refractivity contribution is 5.28. The third kappa shape index (κ3) is 5.22. The lowest BCUT2D eigenvalue weighted by atomic mass is 9.90. The maximum absolute atomic E-state index is 13.4. The summed E-state index contributed by atoms with van der Waals surface area (Å²) in [5.41, 5.74) is 0.578. The van der Waals surface area contributed by atoms with Crippen molar-refractivity contribution in [1.82, 2.24) is 4.90 Å². The van der Waals surface area contributed by atoms with Gasteiger partial charge >= 0.3 is 6.18 Å². The minimum Gasteiger partial charge on any atom is -0.497 e. The molecule has 146 valence electrons.